The fraction of sp³-hybridized carbons (Fsp3) is 0.211. The van der Waals surface area contributed by atoms with Crippen LogP contribution in [0.5, 0.6) is 11.5 Å². The summed E-state index contributed by atoms with van der Waals surface area (Å²) in [5, 5.41) is 2.61. The molecular formula is C19H17NO6. The third-order valence-corrected chi connectivity index (χ3v) is 3.64. The Balaban J connectivity index is 1.53. The molecule has 0 aromatic heterocycles. The van der Waals surface area contributed by atoms with Crippen LogP contribution in [0, 0.1) is 0 Å². The fourth-order valence-electron chi connectivity index (χ4n) is 2.39. The number of nitrogens with one attached hydrogen (secondary N) is 1. The molecule has 0 bridgehead atoms. The number of amides is 1. The van der Waals surface area contributed by atoms with Crippen molar-refractivity contribution in [3.05, 3.63) is 54.1 Å². The number of ketones is 1. The topological polar surface area (TPSA) is 90.9 Å². The van der Waals surface area contributed by atoms with Gasteiger partial charge < -0.3 is 19.5 Å². The highest BCUT2D eigenvalue weighted by Gasteiger charge is 2.29. The number of benzene rings is 2. The first-order valence-electron chi connectivity index (χ1n) is 7.99. The first kappa shape index (κ1) is 17.5. The number of Topliss-reactive ketones (excluding diaryl/α,β-unsaturated/α-hetero) is 1. The van der Waals surface area contributed by atoms with Gasteiger partial charge in [0.1, 0.15) is 6.61 Å². The molecule has 2 aromatic rings. The molecule has 1 aliphatic rings. The third kappa shape index (κ3) is 4.18. The van der Waals surface area contributed by atoms with Gasteiger partial charge in [-0.1, -0.05) is 12.1 Å². The maximum Gasteiger partial charge on any atom is 0.351 e. The molecule has 134 valence electrons. The van der Waals surface area contributed by atoms with Crippen LogP contribution in [-0.4, -0.2) is 37.0 Å². The third-order valence-electron chi connectivity index (χ3n) is 3.64. The van der Waals surface area contributed by atoms with Crippen LogP contribution in [0.4, 0.5) is 5.69 Å². The number of ether oxygens (including phenoxy) is 3. The number of para-hydroxylation sites is 2. The van der Waals surface area contributed by atoms with Crippen molar-refractivity contribution in [1.82, 2.24) is 0 Å². The van der Waals surface area contributed by atoms with Crippen LogP contribution < -0.4 is 14.8 Å². The van der Waals surface area contributed by atoms with Crippen LogP contribution >= 0.6 is 0 Å². The van der Waals surface area contributed by atoms with Crippen molar-refractivity contribution in [2.45, 2.75) is 13.0 Å². The van der Waals surface area contributed by atoms with Gasteiger partial charge in [0.15, 0.2) is 23.9 Å². The zero-order chi connectivity index (χ0) is 18.5. The highest BCUT2D eigenvalue weighted by molar-refractivity contribution is 5.98. The van der Waals surface area contributed by atoms with Crippen LogP contribution in [0.1, 0.15) is 17.3 Å². The van der Waals surface area contributed by atoms with E-state index in [1.807, 2.05) is 0 Å². The second-order valence-electron chi connectivity index (χ2n) is 5.65. The van der Waals surface area contributed by atoms with Crippen molar-refractivity contribution >= 4 is 23.3 Å². The summed E-state index contributed by atoms with van der Waals surface area (Å²) in [5.41, 5.74) is 0.954. The van der Waals surface area contributed by atoms with Gasteiger partial charge in [0.2, 0.25) is 12.0 Å². The van der Waals surface area contributed by atoms with E-state index in [4.69, 9.17) is 14.2 Å². The molecule has 26 heavy (non-hydrogen) atoms. The van der Waals surface area contributed by atoms with Crippen molar-refractivity contribution in [1.29, 1.82) is 0 Å². The number of hydrogen-bond acceptors (Lipinski definition) is 6. The first-order valence-corrected chi connectivity index (χ1v) is 7.99. The van der Waals surface area contributed by atoms with Gasteiger partial charge >= 0.3 is 5.97 Å². The molecule has 7 heteroatoms. The average molecular weight is 355 g/mol. The number of carbonyl (C=O) groups excluding carboxylic acids is 3. The minimum atomic E-state index is -0.917. The van der Waals surface area contributed by atoms with E-state index >= 15 is 0 Å². The van der Waals surface area contributed by atoms with E-state index in [1.165, 1.54) is 6.92 Å². The van der Waals surface area contributed by atoms with Gasteiger partial charge in [-0.25, -0.2) is 4.79 Å². The van der Waals surface area contributed by atoms with Gasteiger partial charge in [-0.2, -0.15) is 0 Å². The first-order chi connectivity index (χ1) is 12.5. The van der Waals surface area contributed by atoms with E-state index in [1.54, 1.807) is 48.5 Å². The Morgan fingerprint density at radius 2 is 1.77 bits per heavy atom. The average Bonchev–Trinajstić information content (AvgIpc) is 2.65. The summed E-state index contributed by atoms with van der Waals surface area (Å²) < 4.78 is 16.0. The predicted octanol–water partition coefficient (Wildman–Crippen LogP) is 2.21. The van der Waals surface area contributed by atoms with Crippen LogP contribution in [-0.2, 0) is 14.3 Å². The van der Waals surface area contributed by atoms with Gasteiger partial charge in [-0.15, -0.1) is 0 Å². The molecule has 0 radical (unpaired) electrons. The fourth-order valence-corrected chi connectivity index (χ4v) is 2.39. The molecule has 1 N–H and O–H groups in total. The molecule has 0 saturated heterocycles. The highest BCUT2D eigenvalue weighted by atomic mass is 16.6. The number of rotatable bonds is 5. The van der Waals surface area contributed by atoms with Gasteiger partial charge in [-0.3, -0.25) is 9.59 Å². The molecule has 3 rings (SSSR count). The number of hydrogen-bond donors (Lipinski definition) is 1. The van der Waals surface area contributed by atoms with Gasteiger partial charge in [0.05, 0.1) is 0 Å². The van der Waals surface area contributed by atoms with Gasteiger partial charge in [-0.05, 0) is 36.4 Å². The van der Waals surface area contributed by atoms with Crippen LogP contribution in [0.3, 0.4) is 0 Å². The van der Waals surface area contributed by atoms with E-state index in [0.29, 0.717) is 22.7 Å². The Morgan fingerprint density at radius 3 is 2.46 bits per heavy atom. The van der Waals surface area contributed by atoms with Gasteiger partial charge in [0, 0.05) is 18.2 Å². The molecule has 0 unspecified atom stereocenters. The van der Waals surface area contributed by atoms with E-state index in [2.05, 4.69) is 5.32 Å². The Labute approximate surface area is 149 Å². The molecular weight excluding hydrogens is 338 g/mol. The van der Waals surface area contributed by atoms with Gasteiger partial charge in [0.25, 0.3) is 0 Å². The summed E-state index contributed by atoms with van der Waals surface area (Å²) in [4.78, 5) is 35.2. The van der Waals surface area contributed by atoms with E-state index in [-0.39, 0.29) is 18.3 Å². The molecule has 1 amide bonds. The summed E-state index contributed by atoms with van der Waals surface area (Å²) in [6.07, 6.45) is -0.917. The summed E-state index contributed by atoms with van der Waals surface area (Å²) in [6, 6.07) is 13.3. The lowest BCUT2D eigenvalue weighted by molar-refractivity contribution is -0.153. The quantitative estimate of drug-likeness (QED) is 0.653. The second kappa shape index (κ2) is 7.69. The maximum absolute atomic E-state index is 12.1. The van der Waals surface area contributed by atoms with Crippen molar-refractivity contribution in [2.75, 3.05) is 18.5 Å². The van der Waals surface area contributed by atoms with Crippen molar-refractivity contribution in [3.8, 4) is 11.5 Å². The lowest BCUT2D eigenvalue weighted by Gasteiger charge is -2.24. The highest BCUT2D eigenvalue weighted by Crippen LogP contribution is 2.31. The largest absolute Gasteiger partial charge is 0.485 e. The smallest absolute Gasteiger partial charge is 0.351 e. The molecule has 0 aliphatic carbocycles. The maximum atomic E-state index is 12.1. The molecule has 1 aliphatic heterocycles. The molecule has 1 atom stereocenters. The number of esters is 1. The van der Waals surface area contributed by atoms with Crippen LogP contribution in [0.15, 0.2) is 48.5 Å². The molecule has 7 nitrogen and oxygen atoms in total. The Hall–Kier alpha value is -3.35. The zero-order valence-corrected chi connectivity index (χ0v) is 14.1. The van der Waals surface area contributed by atoms with E-state index in [0.717, 1.165) is 0 Å². The van der Waals surface area contributed by atoms with Crippen molar-refractivity contribution < 1.29 is 28.6 Å². The van der Waals surface area contributed by atoms with Crippen LogP contribution in [0.2, 0.25) is 0 Å². The SMILES string of the molecule is CC(=O)Nc1ccc(C(=O)COC(=O)[C@@H]2COc3ccccc3O2)cc1. The van der Waals surface area contributed by atoms with Crippen molar-refractivity contribution in [3.63, 3.8) is 0 Å². The van der Waals surface area contributed by atoms with E-state index in [9.17, 15) is 14.4 Å². The monoisotopic (exact) mass is 355 g/mol. The predicted molar refractivity (Wildman–Crippen MR) is 92.4 cm³/mol. The normalized spacial score (nSPS) is 15.0. The van der Waals surface area contributed by atoms with E-state index < -0.39 is 18.7 Å². The van der Waals surface area contributed by atoms with Crippen molar-refractivity contribution in [2.24, 2.45) is 0 Å². The molecule has 0 saturated carbocycles. The lowest BCUT2D eigenvalue weighted by atomic mass is 10.1. The molecule has 0 fully saturated rings. The molecule has 2 aromatic carbocycles. The Morgan fingerprint density at radius 1 is 1.08 bits per heavy atom. The Kier molecular flexibility index (Phi) is 5.17. The summed E-state index contributed by atoms with van der Waals surface area (Å²) in [6.45, 7) is 1.02. The summed E-state index contributed by atoms with van der Waals surface area (Å²) in [5.74, 6) is -0.200. The molecule has 1 heterocycles. The number of anilines is 1. The zero-order valence-electron chi connectivity index (χ0n) is 14.1. The summed E-state index contributed by atoms with van der Waals surface area (Å²) in [7, 11) is 0. The number of carbonyl (C=O) groups is 3. The summed E-state index contributed by atoms with van der Waals surface area (Å²) >= 11 is 0. The minimum absolute atomic E-state index is 0.0233. The second-order valence-corrected chi connectivity index (χ2v) is 5.65. The lowest BCUT2D eigenvalue weighted by Crippen LogP contribution is -2.38. The number of fused-ring (bicyclic) bond motifs is 1. The molecule has 0 spiro atoms. The standard InChI is InChI=1S/C19H17NO6/c1-12(21)20-14-8-6-13(7-9-14)15(22)10-25-19(23)18-11-24-16-4-2-3-5-17(16)26-18/h2-9,18H,10-11H2,1H3,(H,20,21)/t18-/m0/s1. The van der Waals surface area contributed by atoms with Crippen LogP contribution in [0.25, 0.3) is 0 Å². The Bertz CT molecular complexity index is 830. The minimum Gasteiger partial charge on any atom is -0.485 e.